The Morgan fingerprint density at radius 3 is 2.71 bits per heavy atom. The van der Waals surface area contributed by atoms with Gasteiger partial charge in [0.1, 0.15) is 5.82 Å². The van der Waals surface area contributed by atoms with Crippen LogP contribution in [0.2, 0.25) is 0 Å². The predicted octanol–water partition coefficient (Wildman–Crippen LogP) is 3.07. The molecule has 1 aromatic rings. The molecule has 1 aromatic carbocycles. The Bertz CT molecular complexity index is 392. The first-order valence-electron chi connectivity index (χ1n) is 6.34. The van der Waals surface area contributed by atoms with E-state index in [-0.39, 0.29) is 11.9 Å². The molecule has 2 nitrogen and oxygen atoms in total. The van der Waals surface area contributed by atoms with Gasteiger partial charge in [-0.2, -0.15) is 0 Å². The van der Waals surface area contributed by atoms with Crippen molar-refractivity contribution in [3.63, 3.8) is 0 Å². The minimum Gasteiger partial charge on any atom is -0.271 e. The van der Waals surface area contributed by atoms with Crippen LogP contribution in [0.5, 0.6) is 0 Å². The van der Waals surface area contributed by atoms with Crippen molar-refractivity contribution in [3.05, 3.63) is 35.1 Å². The molecule has 0 amide bonds. The maximum Gasteiger partial charge on any atom is 0.126 e. The number of hydrogen-bond donors (Lipinski definition) is 2. The second kappa shape index (κ2) is 5.15. The van der Waals surface area contributed by atoms with Gasteiger partial charge in [-0.25, -0.2) is 4.39 Å². The summed E-state index contributed by atoms with van der Waals surface area (Å²) < 4.78 is 13.6. The van der Waals surface area contributed by atoms with E-state index >= 15 is 0 Å². The van der Waals surface area contributed by atoms with E-state index in [0.29, 0.717) is 11.5 Å². The van der Waals surface area contributed by atoms with Crippen LogP contribution in [0.1, 0.15) is 43.4 Å². The number of nitrogens with one attached hydrogen (secondary N) is 1. The first-order valence-corrected chi connectivity index (χ1v) is 6.34. The molecule has 94 valence electrons. The third-order valence-electron chi connectivity index (χ3n) is 3.94. The van der Waals surface area contributed by atoms with Crippen molar-refractivity contribution in [2.45, 2.75) is 39.2 Å². The van der Waals surface area contributed by atoms with Crippen LogP contribution in [0, 0.1) is 24.6 Å². The van der Waals surface area contributed by atoms with E-state index in [1.165, 1.54) is 19.3 Å². The Morgan fingerprint density at radius 1 is 1.41 bits per heavy atom. The molecule has 0 aromatic heterocycles. The first kappa shape index (κ1) is 12.5. The van der Waals surface area contributed by atoms with Gasteiger partial charge in [0.25, 0.3) is 0 Å². The summed E-state index contributed by atoms with van der Waals surface area (Å²) in [5.41, 5.74) is 4.51. The molecule has 3 N–H and O–H groups in total. The SMILES string of the molecule is Cc1ccc(C(NN)C2CCC(C)C2)cc1F. The highest BCUT2D eigenvalue weighted by atomic mass is 19.1. The molecule has 0 radical (unpaired) electrons. The summed E-state index contributed by atoms with van der Waals surface area (Å²) in [6.45, 7) is 4.05. The molecule has 1 saturated carbocycles. The number of hydrogen-bond acceptors (Lipinski definition) is 2. The molecule has 3 atom stereocenters. The maximum absolute atomic E-state index is 13.6. The summed E-state index contributed by atoms with van der Waals surface area (Å²) >= 11 is 0. The van der Waals surface area contributed by atoms with Crippen LogP contribution < -0.4 is 11.3 Å². The third kappa shape index (κ3) is 2.67. The highest BCUT2D eigenvalue weighted by Gasteiger charge is 2.29. The number of benzene rings is 1. The summed E-state index contributed by atoms with van der Waals surface area (Å²) in [5, 5.41) is 0. The largest absolute Gasteiger partial charge is 0.271 e. The van der Waals surface area contributed by atoms with Gasteiger partial charge in [0.15, 0.2) is 0 Å². The standard InChI is InChI=1S/C14H21FN2/c1-9-3-5-11(7-9)14(17-16)12-6-4-10(2)13(15)8-12/h4,6,8-9,11,14,17H,3,5,7,16H2,1-2H3. The lowest BCUT2D eigenvalue weighted by Crippen LogP contribution is -2.32. The molecule has 0 aliphatic heterocycles. The van der Waals surface area contributed by atoms with Crippen LogP contribution in [0.4, 0.5) is 4.39 Å². The van der Waals surface area contributed by atoms with Crippen LogP contribution in [-0.4, -0.2) is 0 Å². The highest BCUT2D eigenvalue weighted by Crippen LogP contribution is 2.38. The normalized spacial score (nSPS) is 26.1. The van der Waals surface area contributed by atoms with E-state index in [1.807, 2.05) is 12.1 Å². The summed E-state index contributed by atoms with van der Waals surface area (Å²) in [5.74, 6) is 6.78. The summed E-state index contributed by atoms with van der Waals surface area (Å²) in [6.07, 6.45) is 3.59. The van der Waals surface area contributed by atoms with E-state index in [4.69, 9.17) is 5.84 Å². The van der Waals surface area contributed by atoms with Crippen molar-refractivity contribution < 1.29 is 4.39 Å². The van der Waals surface area contributed by atoms with Crippen LogP contribution in [0.25, 0.3) is 0 Å². The van der Waals surface area contributed by atoms with E-state index in [1.54, 1.807) is 13.0 Å². The first-order chi connectivity index (χ1) is 8.11. The minimum absolute atomic E-state index is 0.0787. The van der Waals surface area contributed by atoms with Gasteiger partial charge in [-0.3, -0.25) is 11.3 Å². The quantitative estimate of drug-likeness (QED) is 0.625. The molecule has 0 bridgehead atoms. The highest BCUT2D eigenvalue weighted by molar-refractivity contribution is 5.26. The van der Waals surface area contributed by atoms with E-state index < -0.39 is 0 Å². The lowest BCUT2D eigenvalue weighted by atomic mass is 9.91. The third-order valence-corrected chi connectivity index (χ3v) is 3.94. The van der Waals surface area contributed by atoms with Gasteiger partial charge in [0.2, 0.25) is 0 Å². The number of nitrogens with two attached hydrogens (primary N) is 1. The number of rotatable bonds is 3. The Kier molecular flexibility index (Phi) is 3.79. The zero-order chi connectivity index (χ0) is 12.4. The lowest BCUT2D eigenvalue weighted by Gasteiger charge is -2.23. The van der Waals surface area contributed by atoms with E-state index in [0.717, 1.165) is 11.5 Å². The Balaban J connectivity index is 2.20. The van der Waals surface area contributed by atoms with Crippen LogP contribution in [-0.2, 0) is 0 Å². The molecule has 0 saturated heterocycles. The molecule has 3 unspecified atom stereocenters. The zero-order valence-corrected chi connectivity index (χ0v) is 10.5. The Labute approximate surface area is 102 Å². The van der Waals surface area contributed by atoms with Gasteiger partial charge < -0.3 is 0 Å². The molecule has 2 rings (SSSR count). The number of hydrazine groups is 1. The zero-order valence-electron chi connectivity index (χ0n) is 10.5. The van der Waals surface area contributed by atoms with Crippen molar-refractivity contribution in [3.8, 4) is 0 Å². The smallest absolute Gasteiger partial charge is 0.126 e. The Hall–Kier alpha value is -0.930. The second-order valence-corrected chi connectivity index (χ2v) is 5.33. The topological polar surface area (TPSA) is 38.0 Å². The summed E-state index contributed by atoms with van der Waals surface area (Å²) in [6, 6.07) is 5.50. The molecule has 0 heterocycles. The van der Waals surface area contributed by atoms with Gasteiger partial charge in [-0.1, -0.05) is 25.5 Å². The number of aryl methyl sites for hydroxylation is 1. The van der Waals surface area contributed by atoms with Crippen LogP contribution in [0.15, 0.2) is 18.2 Å². The summed E-state index contributed by atoms with van der Waals surface area (Å²) in [4.78, 5) is 0. The van der Waals surface area contributed by atoms with Gasteiger partial charge in [-0.15, -0.1) is 0 Å². The average molecular weight is 236 g/mol. The average Bonchev–Trinajstić information content (AvgIpc) is 2.71. The fraction of sp³-hybridized carbons (Fsp3) is 0.571. The maximum atomic E-state index is 13.6. The van der Waals surface area contributed by atoms with Crippen LogP contribution >= 0.6 is 0 Å². The fourth-order valence-electron chi connectivity index (χ4n) is 2.86. The van der Waals surface area contributed by atoms with Gasteiger partial charge in [-0.05, 0) is 48.8 Å². The second-order valence-electron chi connectivity index (χ2n) is 5.33. The van der Waals surface area contributed by atoms with E-state index in [9.17, 15) is 4.39 Å². The lowest BCUT2D eigenvalue weighted by molar-refractivity contribution is 0.363. The van der Waals surface area contributed by atoms with Crippen molar-refractivity contribution >= 4 is 0 Å². The molecule has 1 aliphatic carbocycles. The molecular formula is C14H21FN2. The van der Waals surface area contributed by atoms with Crippen molar-refractivity contribution in [1.82, 2.24) is 5.43 Å². The fourth-order valence-corrected chi connectivity index (χ4v) is 2.86. The monoisotopic (exact) mass is 236 g/mol. The minimum atomic E-state index is -0.145. The number of halogens is 1. The molecule has 1 fully saturated rings. The predicted molar refractivity (Wildman–Crippen MR) is 67.7 cm³/mol. The summed E-state index contributed by atoms with van der Waals surface area (Å²) in [7, 11) is 0. The van der Waals surface area contributed by atoms with E-state index in [2.05, 4.69) is 12.3 Å². The molecule has 1 aliphatic rings. The Morgan fingerprint density at radius 2 is 2.18 bits per heavy atom. The van der Waals surface area contributed by atoms with Gasteiger partial charge in [0, 0.05) is 6.04 Å². The molecule has 0 spiro atoms. The van der Waals surface area contributed by atoms with Crippen molar-refractivity contribution in [2.24, 2.45) is 17.7 Å². The van der Waals surface area contributed by atoms with Crippen molar-refractivity contribution in [1.29, 1.82) is 0 Å². The molecule has 3 heteroatoms. The van der Waals surface area contributed by atoms with Gasteiger partial charge in [0.05, 0.1) is 0 Å². The molecular weight excluding hydrogens is 215 g/mol. The van der Waals surface area contributed by atoms with Crippen molar-refractivity contribution in [2.75, 3.05) is 0 Å². The molecule has 17 heavy (non-hydrogen) atoms. The van der Waals surface area contributed by atoms with Crippen LogP contribution in [0.3, 0.4) is 0 Å². The van der Waals surface area contributed by atoms with Gasteiger partial charge >= 0.3 is 0 Å².